The second kappa shape index (κ2) is 7.02. The molecule has 1 saturated carbocycles. The van der Waals surface area contributed by atoms with E-state index in [2.05, 4.69) is 15.1 Å². The maximum Gasteiger partial charge on any atom is 0.316 e. The largest absolute Gasteiger partial charge is 0.457 e. The number of hydrogen-bond donors (Lipinski definition) is 0. The molecule has 6 nitrogen and oxygen atoms in total. The van der Waals surface area contributed by atoms with Crippen LogP contribution in [0.3, 0.4) is 0 Å². The Morgan fingerprint density at radius 2 is 1.79 bits per heavy atom. The van der Waals surface area contributed by atoms with E-state index in [-0.39, 0.29) is 11.6 Å². The maximum absolute atomic E-state index is 12.8. The lowest BCUT2D eigenvalue weighted by Crippen LogP contribution is -2.33. The Kier molecular flexibility index (Phi) is 4.67. The van der Waals surface area contributed by atoms with E-state index in [9.17, 15) is 13.6 Å². The van der Waals surface area contributed by atoms with E-state index in [4.69, 9.17) is 4.74 Å². The molecule has 144 valence electrons. The maximum atomic E-state index is 12.8. The first-order chi connectivity index (χ1) is 13.4. The predicted octanol–water partition coefficient (Wildman–Crippen LogP) is 3.08. The third-order valence-corrected chi connectivity index (χ3v) is 4.72. The molecule has 0 N–H and O–H groups in total. The minimum Gasteiger partial charge on any atom is -0.457 e. The molecule has 2 heterocycles. The smallest absolute Gasteiger partial charge is 0.316 e. The van der Waals surface area contributed by atoms with Gasteiger partial charge in [-0.3, -0.25) is 4.79 Å². The van der Waals surface area contributed by atoms with Crippen molar-refractivity contribution in [3.8, 4) is 17.3 Å². The van der Waals surface area contributed by atoms with Crippen molar-refractivity contribution < 1.29 is 13.5 Å². The molecule has 9 heteroatoms. The fourth-order valence-electron chi connectivity index (χ4n) is 3.05. The molecule has 28 heavy (non-hydrogen) atoms. The summed E-state index contributed by atoms with van der Waals surface area (Å²) in [5.41, 5.74) is -1.54. The van der Waals surface area contributed by atoms with Gasteiger partial charge in [0.05, 0.1) is 11.2 Å². The number of benzene rings is 1. The third-order valence-electron chi connectivity index (χ3n) is 4.56. The molecule has 1 unspecified atom stereocenters. The van der Waals surface area contributed by atoms with Crippen molar-refractivity contribution in [3.63, 3.8) is 0 Å². The van der Waals surface area contributed by atoms with Gasteiger partial charge in [0, 0.05) is 24.0 Å². The van der Waals surface area contributed by atoms with E-state index in [1.54, 1.807) is 6.07 Å². The minimum absolute atomic E-state index is 0.151. The number of alkyl halides is 2. The van der Waals surface area contributed by atoms with Crippen molar-refractivity contribution in [2.45, 2.75) is 24.0 Å². The number of aromatic nitrogens is 4. The molecule has 0 amide bonds. The molecule has 0 saturated heterocycles. The van der Waals surface area contributed by atoms with Crippen LogP contribution in [0.1, 0.15) is 18.4 Å². The van der Waals surface area contributed by atoms with Gasteiger partial charge in [-0.1, -0.05) is 39.6 Å². The second-order valence-electron chi connectivity index (χ2n) is 6.67. The van der Waals surface area contributed by atoms with E-state index in [1.807, 2.05) is 30.3 Å². The van der Waals surface area contributed by atoms with Crippen LogP contribution in [0.15, 0.2) is 59.7 Å². The zero-order valence-corrected chi connectivity index (χ0v) is 15.9. The summed E-state index contributed by atoms with van der Waals surface area (Å²) in [6, 6.07) is 12.7. The summed E-state index contributed by atoms with van der Waals surface area (Å²) in [4.78, 5) is 20.4. The van der Waals surface area contributed by atoms with Crippen LogP contribution in [0.2, 0.25) is 0 Å². The first-order valence-corrected chi connectivity index (χ1v) is 9.23. The van der Waals surface area contributed by atoms with E-state index in [0.717, 1.165) is 18.4 Å². The summed E-state index contributed by atoms with van der Waals surface area (Å²) in [7, 11) is 1.39. The number of halogens is 2. The molecule has 1 aliphatic carbocycles. The lowest BCUT2D eigenvalue weighted by Gasteiger charge is -2.18. The van der Waals surface area contributed by atoms with E-state index < -0.39 is 17.8 Å². The summed E-state index contributed by atoms with van der Waals surface area (Å²) < 4.78 is 32.0. The van der Waals surface area contributed by atoms with Crippen LogP contribution in [0.25, 0.3) is 11.3 Å². The number of ether oxygens (including phenoxy) is 1. The van der Waals surface area contributed by atoms with Crippen LogP contribution in [-0.2, 0) is 5.54 Å². The van der Waals surface area contributed by atoms with Crippen molar-refractivity contribution in [1.29, 1.82) is 0 Å². The van der Waals surface area contributed by atoms with Crippen LogP contribution in [0.4, 0.5) is 8.78 Å². The topological polar surface area (TPSA) is 69.9 Å². The van der Waals surface area contributed by atoms with Gasteiger partial charge in [-0.25, -0.2) is 14.6 Å². The van der Waals surface area contributed by atoms with Gasteiger partial charge >= 0.3 is 6.01 Å². The Balaban J connectivity index is 1.62. The van der Waals surface area contributed by atoms with Crippen LogP contribution >= 0.6 is 9.24 Å². The summed E-state index contributed by atoms with van der Waals surface area (Å²) in [6.45, 7) is -0.834. The molecule has 4 rings (SSSR count). The van der Waals surface area contributed by atoms with Crippen molar-refractivity contribution >= 4 is 9.24 Å². The van der Waals surface area contributed by atoms with Crippen LogP contribution in [-0.4, -0.2) is 32.0 Å². The molecule has 1 atom stereocenters. The first kappa shape index (κ1) is 18.6. The molecular weight excluding hydrogens is 385 g/mol. The number of nitrogens with zero attached hydrogens (tertiary/aromatic N) is 4. The molecule has 0 radical (unpaired) electrons. The van der Waals surface area contributed by atoms with Crippen LogP contribution in [0.5, 0.6) is 6.01 Å². The Morgan fingerprint density at radius 3 is 2.39 bits per heavy atom. The molecule has 0 aliphatic heterocycles. The first-order valence-electron chi connectivity index (χ1n) is 8.66. The quantitative estimate of drug-likeness (QED) is 0.593. The van der Waals surface area contributed by atoms with Crippen LogP contribution < -0.4 is 10.3 Å². The highest BCUT2D eigenvalue weighted by atomic mass is 31.0. The summed E-state index contributed by atoms with van der Waals surface area (Å²) in [5, 5.41) is 4.53. The van der Waals surface area contributed by atoms with Gasteiger partial charge in [-0.2, -0.15) is 13.9 Å². The Labute approximate surface area is 161 Å². The molecule has 0 bridgehead atoms. The number of rotatable bonds is 6. The van der Waals surface area contributed by atoms with E-state index >= 15 is 0 Å². The molecular formula is C19H17F2N4O2P. The van der Waals surface area contributed by atoms with Crippen LogP contribution in [0, 0.1) is 0 Å². The van der Waals surface area contributed by atoms with Crippen molar-refractivity contribution in [3.05, 3.63) is 70.8 Å². The Morgan fingerprint density at radius 1 is 1.11 bits per heavy atom. The van der Waals surface area contributed by atoms with Gasteiger partial charge in [-0.15, -0.1) is 0 Å². The highest BCUT2D eigenvalue weighted by molar-refractivity contribution is 7.18. The fourth-order valence-corrected chi connectivity index (χ4v) is 3.13. The predicted molar refractivity (Wildman–Crippen MR) is 102 cm³/mol. The van der Waals surface area contributed by atoms with Crippen molar-refractivity contribution in [1.82, 2.24) is 19.7 Å². The van der Waals surface area contributed by atoms with Gasteiger partial charge in [0.25, 0.3) is 11.2 Å². The Bertz CT molecular complexity index is 1030. The third kappa shape index (κ3) is 3.78. The van der Waals surface area contributed by atoms with Gasteiger partial charge < -0.3 is 4.74 Å². The second-order valence-corrected chi connectivity index (χ2v) is 7.51. The lowest BCUT2D eigenvalue weighted by molar-refractivity contribution is 0.0422. The summed E-state index contributed by atoms with van der Waals surface area (Å²) in [6.07, 6.45) is 4.53. The minimum atomic E-state index is -3.05. The molecule has 0 spiro atoms. The molecule has 1 aromatic carbocycles. The highest BCUT2D eigenvalue weighted by Crippen LogP contribution is 2.48. The average Bonchev–Trinajstić information content (AvgIpc) is 3.49. The lowest BCUT2D eigenvalue weighted by atomic mass is 10.1. The van der Waals surface area contributed by atoms with Gasteiger partial charge in [-0.05, 0) is 24.5 Å². The van der Waals surface area contributed by atoms with Gasteiger partial charge in [0.2, 0.25) is 0 Å². The standard InChI is InChI=1S/C19H17F2N4O2P/c20-19(21,28)12-27-17-22-10-13(11-23-17)15-6-7-16(26)25(24-15)18(8-9-18)14-4-2-1-3-5-14/h1-7,10-11H,8-9,12,28H2. The monoisotopic (exact) mass is 402 g/mol. The van der Waals surface area contributed by atoms with Crippen molar-refractivity contribution in [2.24, 2.45) is 0 Å². The normalized spacial score (nSPS) is 15.2. The molecule has 1 fully saturated rings. The summed E-state index contributed by atoms with van der Waals surface area (Å²) >= 11 is 0. The molecule has 1 aliphatic rings. The fraction of sp³-hybridized carbons (Fsp3) is 0.263. The highest BCUT2D eigenvalue weighted by Gasteiger charge is 2.48. The zero-order chi connectivity index (χ0) is 19.8. The zero-order valence-electron chi connectivity index (χ0n) is 14.8. The Hall–Kier alpha value is -2.73. The van der Waals surface area contributed by atoms with E-state index in [1.165, 1.54) is 32.4 Å². The number of hydrogen-bond acceptors (Lipinski definition) is 5. The molecule has 2 aromatic heterocycles. The van der Waals surface area contributed by atoms with Crippen molar-refractivity contribution in [2.75, 3.05) is 6.61 Å². The summed E-state index contributed by atoms with van der Waals surface area (Å²) in [5.74, 6) is 0. The SMILES string of the molecule is O=c1ccc(-c2cnc(OCC(F)(F)P)nc2)nn1C1(c2ccccc2)CC1. The van der Waals surface area contributed by atoms with Gasteiger partial charge in [0.15, 0.2) is 6.61 Å². The average molecular weight is 402 g/mol. The van der Waals surface area contributed by atoms with E-state index in [0.29, 0.717) is 11.3 Å². The molecule has 3 aromatic rings. The van der Waals surface area contributed by atoms with Gasteiger partial charge in [0.1, 0.15) is 0 Å².